The van der Waals surface area contributed by atoms with Crippen LogP contribution in [0.2, 0.25) is 5.02 Å². The quantitative estimate of drug-likeness (QED) is 0.199. The lowest BCUT2D eigenvalue weighted by molar-refractivity contribution is 0.0122. The molecule has 1 aromatic heterocycles. The number of fused-ring (bicyclic) bond motifs is 4. The maximum absolute atomic E-state index is 16.9. The van der Waals surface area contributed by atoms with Gasteiger partial charge in [0.1, 0.15) is 22.7 Å². The molecule has 2 atom stereocenters. The first-order valence-electron chi connectivity index (χ1n) is 17.1. The fraction of sp³-hybridized carbons (Fsp3) is 0.486. The maximum Gasteiger partial charge on any atom is 0.410 e. The molecule has 3 saturated heterocycles. The molecule has 3 aliphatic rings. The third-order valence-electron chi connectivity index (χ3n) is 9.64. The van der Waals surface area contributed by atoms with E-state index in [0.717, 1.165) is 49.7 Å². The van der Waals surface area contributed by atoms with Crippen LogP contribution in [-0.4, -0.2) is 88.0 Å². The van der Waals surface area contributed by atoms with Crippen molar-refractivity contribution in [2.24, 2.45) is 0 Å². The van der Waals surface area contributed by atoms with Gasteiger partial charge in [0.2, 0.25) is 0 Å². The smallest absolute Gasteiger partial charge is 0.410 e. The molecule has 0 aliphatic carbocycles. The van der Waals surface area contributed by atoms with E-state index in [4.69, 9.17) is 26.1 Å². The zero-order chi connectivity index (χ0) is 33.6. The Morgan fingerprint density at radius 2 is 1.75 bits per heavy atom. The average Bonchev–Trinajstić information content (AvgIpc) is 3.32. The Bertz CT molecular complexity index is 1830. The van der Waals surface area contributed by atoms with E-state index in [1.807, 2.05) is 49.9 Å². The number of hydrogen-bond donors (Lipinski definition) is 1. The number of aromatic nitrogens is 2. The molecule has 4 aromatic rings. The van der Waals surface area contributed by atoms with Gasteiger partial charge in [-0.25, -0.2) is 9.18 Å². The first kappa shape index (κ1) is 32.6. The fourth-order valence-corrected chi connectivity index (χ4v) is 7.83. The van der Waals surface area contributed by atoms with Crippen molar-refractivity contribution in [2.75, 3.05) is 44.2 Å². The largest absolute Gasteiger partial charge is 0.508 e. The van der Waals surface area contributed by atoms with Gasteiger partial charge < -0.3 is 24.4 Å². The topological polar surface area (TPSA) is 91.3 Å². The number of rotatable bonds is 7. The minimum atomic E-state index is -0.606. The van der Waals surface area contributed by atoms with Gasteiger partial charge in [0.15, 0.2) is 5.82 Å². The van der Waals surface area contributed by atoms with E-state index < -0.39 is 11.4 Å². The Balaban J connectivity index is 1.26. The van der Waals surface area contributed by atoms with Crippen molar-refractivity contribution in [2.45, 2.75) is 77.0 Å². The summed E-state index contributed by atoms with van der Waals surface area (Å²) < 4.78 is 28.8. The van der Waals surface area contributed by atoms with E-state index >= 15 is 4.39 Å². The second-order valence-electron chi connectivity index (χ2n) is 14.3. The minimum absolute atomic E-state index is 0.0127. The minimum Gasteiger partial charge on any atom is -0.508 e. The first-order chi connectivity index (χ1) is 23.1. The molecule has 0 radical (unpaired) electrons. The molecule has 9 nitrogen and oxygen atoms in total. The highest BCUT2D eigenvalue weighted by Crippen LogP contribution is 2.43. The molecular formula is C37H43ClFN5O4. The molecule has 0 saturated carbocycles. The molecule has 1 amide bonds. The summed E-state index contributed by atoms with van der Waals surface area (Å²) in [4.78, 5) is 29.1. The van der Waals surface area contributed by atoms with Crippen molar-refractivity contribution in [3.05, 3.63) is 53.3 Å². The first-order valence-corrected chi connectivity index (χ1v) is 17.5. The number of piperidine rings is 1. The Morgan fingerprint density at radius 3 is 2.48 bits per heavy atom. The lowest BCUT2D eigenvalue weighted by atomic mass is 9.96. The van der Waals surface area contributed by atoms with E-state index in [2.05, 4.69) is 14.8 Å². The van der Waals surface area contributed by atoms with E-state index in [1.165, 1.54) is 25.3 Å². The van der Waals surface area contributed by atoms with Crippen molar-refractivity contribution in [3.8, 4) is 22.9 Å². The number of amides is 1. The van der Waals surface area contributed by atoms with Gasteiger partial charge in [0.05, 0.1) is 23.7 Å². The molecule has 3 fully saturated rings. The third kappa shape index (κ3) is 6.57. The summed E-state index contributed by atoms with van der Waals surface area (Å²) in [5.74, 6) is -0.0657. The van der Waals surface area contributed by atoms with Crippen LogP contribution in [0, 0.1) is 5.82 Å². The van der Waals surface area contributed by atoms with Crippen molar-refractivity contribution in [1.29, 1.82) is 0 Å². The number of anilines is 1. The molecule has 3 aliphatic heterocycles. The third-order valence-corrected chi connectivity index (χ3v) is 9.94. The predicted molar refractivity (Wildman–Crippen MR) is 187 cm³/mol. The Labute approximate surface area is 285 Å². The van der Waals surface area contributed by atoms with Crippen LogP contribution >= 0.6 is 11.6 Å². The molecular weight excluding hydrogens is 633 g/mol. The van der Waals surface area contributed by atoms with E-state index in [0.29, 0.717) is 36.5 Å². The van der Waals surface area contributed by atoms with Gasteiger partial charge in [-0.05, 0) is 100 Å². The number of likely N-dealkylation sites (tertiary alicyclic amines) is 1. The van der Waals surface area contributed by atoms with Crippen LogP contribution in [0.3, 0.4) is 0 Å². The van der Waals surface area contributed by atoms with E-state index in [1.54, 1.807) is 12.1 Å². The molecule has 254 valence electrons. The standard InChI is InChI=1S/C37H43ClFN5O4/c1-37(2,3)48-36(46)44-24-12-13-25(44)22-43(21-24)34-29-20-30(38)31(28-19-26(45)18-23-10-5-6-11-27(23)28)32(39)33(29)40-35(41-34)47-17-9-16-42-14-7-4-8-15-42/h5-6,10-11,18-20,24-25,45H,4,7-9,12-17,21-22H2,1-3H3. The molecule has 48 heavy (non-hydrogen) atoms. The molecule has 2 bridgehead atoms. The average molecular weight is 676 g/mol. The zero-order valence-electron chi connectivity index (χ0n) is 27.8. The predicted octanol–water partition coefficient (Wildman–Crippen LogP) is 7.79. The summed E-state index contributed by atoms with van der Waals surface area (Å²) in [7, 11) is 0. The highest BCUT2D eigenvalue weighted by molar-refractivity contribution is 6.35. The number of phenolic OH excluding ortho intramolecular Hbond substituents is 1. The second-order valence-corrected chi connectivity index (χ2v) is 14.7. The van der Waals surface area contributed by atoms with Crippen molar-refractivity contribution < 1.29 is 23.8 Å². The van der Waals surface area contributed by atoms with Crippen molar-refractivity contribution >= 4 is 45.2 Å². The van der Waals surface area contributed by atoms with Crippen LogP contribution < -0.4 is 9.64 Å². The summed E-state index contributed by atoms with van der Waals surface area (Å²) in [5.41, 5.74) is 0.138. The van der Waals surface area contributed by atoms with Gasteiger partial charge in [-0.3, -0.25) is 4.90 Å². The van der Waals surface area contributed by atoms with Gasteiger partial charge in [-0.1, -0.05) is 42.3 Å². The number of hydrogen-bond acceptors (Lipinski definition) is 8. The molecule has 7 rings (SSSR count). The van der Waals surface area contributed by atoms with Crippen LogP contribution in [0.4, 0.5) is 15.0 Å². The fourth-order valence-electron chi connectivity index (χ4n) is 7.54. The number of phenols is 1. The van der Waals surface area contributed by atoms with Crippen LogP contribution in [0.5, 0.6) is 11.8 Å². The lowest BCUT2D eigenvalue weighted by Crippen LogP contribution is -2.57. The zero-order valence-corrected chi connectivity index (χ0v) is 28.6. The monoisotopic (exact) mass is 675 g/mol. The van der Waals surface area contributed by atoms with Crippen LogP contribution in [0.1, 0.15) is 59.3 Å². The summed E-state index contributed by atoms with van der Waals surface area (Å²) >= 11 is 6.92. The van der Waals surface area contributed by atoms with Crippen LogP contribution in [0.25, 0.3) is 32.8 Å². The summed E-state index contributed by atoms with van der Waals surface area (Å²) in [6, 6.07) is 12.3. The second kappa shape index (κ2) is 13.2. The number of ether oxygens (including phenoxy) is 2. The number of aromatic hydroxyl groups is 1. The number of benzene rings is 3. The van der Waals surface area contributed by atoms with Gasteiger partial charge in [-0.15, -0.1) is 0 Å². The molecule has 4 heterocycles. The SMILES string of the molecule is CC(C)(C)OC(=O)N1C2CCC1CN(c1nc(OCCCN3CCCCC3)nc3c(F)c(-c4cc(O)cc5ccccc45)c(Cl)cc13)C2. The van der Waals surface area contributed by atoms with Gasteiger partial charge in [-0.2, -0.15) is 9.97 Å². The van der Waals surface area contributed by atoms with Gasteiger partial charge in [0.25, 0.3) is 0 Å². The number of piperazine rings is 1. The summed E-state index contributed by atoms with van der Waals surface area (Å²) in [5, 5.41) is 12.7. The Morgan fingerprint density at radius 1 is 1.02 bits per heavy atom. The Kier molecular flexibility index (Phi) is 8.98. The lowest BCUT2D eigenvalue weighted by Gasteiger charge is -2.42. The highest BCUT2D eigenvalue weighted by Gasteiger charge is 2.45. The van der Waals surface area contributed by atoms with Crippen LogP contribution in [0.15, 0.2) is 42.5 Å². The highest BCUT2D eigenvalue weighted by atomic mass is 35.5. The Hall–Kier alpha value is -3.89. The number of nitrogens with zero attached hydrogens (tertiary/aromatic N) is 5. The molecule has 1 N–H and O–H groups in total. The molecule has 2 unspecified atom stereocenters. The molecule has 0 spiro atoms. The van der Waals surface area contributed by atoms with E-state index in [9.17, 15) is 9.90 Å². The maximum atomic E-state index is 16.9. The van der Waals surface area contributed by atoms with Crippen LogP contribution in [-0.2, 0) is 4.74 Å². The number of carbonyl (C=O) groups is 1. The summed E-state index contributed by atoms with van der Waals surface area (Å²) in [6.07, 6.45) is 5.90. The van der Waals surface area contributed by atoms with Crippen molar-refractivity contribution in [1.82, 2.24) is 19.8 Å². The summed E-state index contributed by atoms with van der Waals surface area (Å²) in [6.45, 7) is 10.2. The van der Waals surface area contributed by atoms with E-state index in [-0.39, 0.29) is 46.0 Å². The normalized spacial score (nSPS) is 20.1. The van der Waals surface area contributed by atoms with Crippen molar-refractivity contribution in [3.63, 3.8) is 0 Å². The van der Waals surface area contributed by atoms with Gasteiger partial charge >= 0.3 is 12.1 Å². The number of carbonyl (C=O) groups excluding carboxylic acids is 1. The van der Waals surface area contributed by atoms with Gasteiger partial charge in [0, 0.05) is 30.6 Å². The number of halogens is 2. The molecule has 3 aromatic carbocycles. The molecule has 11 heteroatoms.